The Hall–Kier alpha value is -3.08. The molecule has 0 radical (unpaired) electrons. The van der Waals surface area contributed by atoms with Gasteiger partial charge in [-0.15, -0.1) is 0 Å². The number of phenols is 1. The molecule has 0 bridgehead atoms. The first-order chi connectivity index (χ1) is 10.5. The largest absolute Gasteiger partial charge is 0.508 e. The van der Waals surface area contributed by atoms with E-state index in [0.717, 1.165) is 5.56 Å². The predicted molar refractivity (Wildman–Crippen MR) is 83.3 cm³/mol. The van der Waals surface area contributed by atoms with Crippen molar-refractivity contribution in [3.8, 4) is 5.75 Å². The minimum Gasteiger partial charge on any atom is -0.508 e. The Morgan fingerprint density at radius 3 is 2.55 bits per heavy atom. The molecule has 2 aromatic carbocycles. The Kier molecular flexibility index (Phi) is 3.39. The van der Waals surface area contributed by atoms with Crippen LogP contribution in [-0.4, -0.2) is 11.0 Å². The number of hydrogen-bond acceptors (Lipinski definition) is 4. The third-order valence-corrected chi connectivity index (χ3v) is 3.27. The summed E-state index contributed by atoms with van der Waals surface area (Å²) in [6.45, 7) is 1.94. The maximum atomic E-state index is 12.2. The molecule has 1 amide bonds. The van der Waals surface area contributed by atoms with E-state index in [1.165, 1.54) is 18.2 Å². The second-order valence-corrected chi connectivity index (χ2v) is 4.99. The summed E-state index contributed by atoms with van der Waals surface area (Å²) in [4.78, 5) is 24.1. The van der Waals surface area contributed by atoms with Crippen molar-refractivity contribution in [2.24, 2.45) is 0 Å². The lowest BCUT2D eigenvalue weighted by atomic mass is 10.1. The highest BCUT2D eigenvalue weighted by molar-refractivity contribution is 6.05. The first-order valence-electron chi connectivity index (χ1n) is 6.68. The molecule has 0 spiro atoms. The minimum absolute atomic E-state index is 0.00694. The standard InChI is InChI=1S/C17H13NO4/c1-10-2-5-12(6-3-10)18-16(20)14-8-11-4-7-13(19)9-15(11)22-17(14)21/h2-9,19H,1H3,(H,18,20). The molecule has 1 aromatic heterocycles. The van der Waals surface area contributed by atoms with E-state index in [0.29, 0.717) is 11.1 Å². The van der Waals surface area contributed by atoms with Crippen molar-refractivity contribution in [3.05, 3.63) is 70.1 Å². The van der Waals surface area contributed by atoms with Gasteiger partial charge in [-0.2, -0.15) is 0 Å². The molecule has 0 aliphatic rings. The summed E-state index contributed by atoms with van der Waals surface area (Å²) in [7, 11) is 0. The summed E-state index contributed by atoms with van der Waals surface area (Å²) in [5.41, 5.74) is 1.07. The Morgan fingerprint density at radius 2 is 1.82 bits per heavy atom. The maximum Gasteiger partial charge on any atom is 0.349 e. The molecule has 0 saturated heterocycles. The van der Waals surface area contributed by atoms with Gasteiger partial charge in [-0.05, 0) is 37.3 Å². The topological polar surface area (TPSA) is 79.5 Å². The van der Waals surface area contributed by atoms with Crippen LogP contribution in [0.1, 0.15) is 15.9 Å². The SMILES string of the molecule is Cc1ccc(NC(=O)c2cc3ccc(O)cc3oc2=O)cc1. The van der Waals surface area contributed by atoms with E-state index in [4.69, 9.17) is 4.42 Å². The van der Waals surface area contributed by atoms with E-state index in [1.54, 1.807) is 18.2 Å². The van der Waals surface area contributed by atoms with E-state index in [-0.39, 0.29) is 16.9 Å². The zero-order valence-electron chi connectivity index (χ0n) is 11.8. The van der Waals surface area contributed by atoms with Crippen molar-refractivity contribution < 1.29 is 14.3 Å². The quantitative estimate of drug-likeness (QED) is 0.712. The summed E-state index contributed by atoms with van der Waals surface area (Å²) < 4.78 is 5.08. The van der Waals surface area contributed by atoms with Gasteiger partial charge in [0.15, 0.2) is 0 Å². The molecule has 0 atom stereocenters. The summed E-state index contributed by atoms with van der Waals surface area (Å²) in [6, 6.07) is 13.1. The second-order valence-electron chi connectivity index (χ2n) is 4.99. The van der Waals surface area contributed by atoms with Gasteiger partial charge in [0, 0.05) is 17.1 Å². The zero-order valence-corrected chi connectivity index (χ0v) is 11.8. The molecule has 3 rings (SSSR count). The highest BCUT2D eigenvalue weighted by atomic mass is 16.4. The van der Waals surface area contributed by atoms with Crippen LogP contribution in [-0.2, 0) is 0 Å². The number of amides is 1. The fourth-order valence-corrected chi connectivity index (χ4v) is 2.09. The van der Waals surface area contributed by atoms with Gasteiger partial charge >= 0.3 is 5.63 Å². The number of benzene rings is 2. The van der Waals surface area contributed by atoms with Crippen molar-refractivity contribution in [2.75, 3.05) is 5.32 Å². The minimum atomic E-state index is -0.747. The zero-order chi connectivity index (χ0) is 15.7. The van der Waals surface area contributed by atoms with Crippen molar-refractivity contribution in [1.29, 1.82) is 0 Å². The molecule has 110 valence electrons. The van der Waals surface area contributed by atoms with E-state index in [9.17, 15) is 14.7 Å². The highest BCUT2D eigenvalue weighted by Crippen LogP contribution is 2.19. The Bertz CT molecular complexity index is 910. The normalized spacial score (nSPS) is 10.6. The average molecular weight is 295 g/mol. The van der Waals surface area contributed by atoms with E-state index in [2.05, 4.69) is 5.32 Å². The third kappa shape index (κ3) is 2.69. The van der Waals surface area contributed by atoms with Crippen LogP contribution in [0.5, 0.6) is 5.75 Å². The number of fused-ring (bicyclic) bond motifs is 1. The Morgan fingerprint density at radius 1 is 1.09 bits per heavy atom. The number of anilines is 1. The van der Waals surface area contributed by atoms with Crippen LogP contribution >= 0.6 is 0 Å². The fraction of sp³-hybridized carbons (Fsp3) is 0.0588. The van der Waals surface area contributed by atoms with Crippen molar-refractivity contribution >= 4 is 22.6 Å². The van der Waals surface area contributed by atoms with Gasteiger partial charge in [0.25, 0.3) is 5.91 Å². The van der Waals surface area contributed by atoms with Crippen LogP contribution < -0.4 is 10.9 Å². The van der Waals surface area contributed by atoms with E-state index in [1.807, 2.05) is 19.1 Å². The third-order valence-electron chi connectivity index (χ3n) is 3.27. The van der Waals surface area contributed by atoms with Crippen LogP contribution in [0.3, 0.4) is 0 Å². The summed E-state index contributed by atoms with van der Waals surface area (Å²) in [6.07, 6.45) is 0. The van der Waals surface area contributed by atoms with Gasteiger partial charge in [-0.3, -0.25) is 4.79 Å². The van der Waals surface area contributed by atoms with Crippen LogP contribution in [0.15, 0.2) is 57.7 Å². The number of carbonyl (C=O) groups excluding carboxylic acids is 1. The molecule has 22 heavy (non-hydrogen) atoms. The second kappa shape index (κ2) is 5.37. The Labute approximate surface area is 125 Å². The van der Waals surface area contributed by atoms with Crippen LogP contribution in [0.25, 0.3) is 11.0 Å². The predicted octanol–water partition coefficient (Wildman–Crippen LogP) is 3.06. The lowest BCUT2D eigenvalue weighted by Gasteiger charge is -2.05. The number of nitrogens with one attached hydrogen (secondary N) is 1. The molecule has 0 aliphatic carbocycles. The van der Waals surface area contributed by atoms with Crippen molar-refractivity contribution in [1.82, 2.24) is 0 Å². The summed E-state index contributed by atoms with van der Waals surface area (Å²) in [5.74, 6) is -0.542. The number of phenolic OH excluding ortho intramolecular Hbond substituents is 1. The molecule has 3 aromatic rings. The van der Waals surface area contributed by atoms with Crippen LogP contribution in [0, 0.1) is 6.92 Å². The Balaban J connectivity index is 1.96. The monoisotopic (exact) mass is 295 g/mol. The van der Waals surface area contributed by atoms with E-state index >= 15 is 0 Å². The van der Waals surface area contributed by atoms with Crippen molar-refractivity contribution in [2.45, 2.75) is 6.92 Å². The van der Waals surface area contributed by atoms with Crippen molar-refractivity contribution in [3.63, 3.8) is 0 Å². The maximum absolute atomic E-state index is 12.2. The number of carbonyl (C=O) groups is 1. The van der Waals surface area contributed by atoms with Crippen LogP contribution in [0.2, 0.25) is 0 Å². The lowest BCUT2D eigenvalue weighted by Crippen LogP contribution is -2.20. The fourth-order valence-electron chi connectivity index (χ4n) is 2.09. The first-order valence-corrected chi connectivity index (χ1v) is 6.68. The molecule has 0 unspecified atom stereocenters. The first kappa shape index (κ1) is 13.9. The summed E-state index contributed by atoms with van der Waals surface area (Å²) in [5, 5.41) is 12.6. The molecule has 1 heterocycles. The van der Waals surface area contributed by atoms with Gasteiger partial charge in [0.1, 0.15) is 16.9 Å². The van der Waals surface area contributed by atoms with Crippen LogP contribution in [0.4, 0.5) is 5.69 Å². The molecule has 0 fully saturated rings. The molecule has 5 nitrogen and oxygen atoms in total. The molecular formula is C17H13NO4. The smallest absolute Gasteiger partial charge is 0.349 e. The average Bonchev–Trinajstić information content (AvgIpc) is 2.48. The van der Waals surface area contributed by atoms with E-state index < -0.39 is 11.5 Å². The lowest BCUT2D eigenvalue weighted by molar-refractivity contribution is 0.102. The summed E-state index contributed by atoms with van der Waals surface area (Å²) >= 11 is 0. The highest BCUT2D eigenvalue weighted by Gasteiger charge is 2.14. The molecule has 0 aliphatic heterocycles. The van der Waals surface area contributed by atoms with Gasteiger partial charge in [-0.25, -0.2) is 4.79 Å². The number of aryl methyl sites for hydroxylation is 1. The van der Waals surface area contributed by atoms with Gasteiger partial charge in [0.05, 0.1) is 0 Å². The number of aromatic hydroxyl groups is 1. The number of rotatable bonds is 2. The van der Waals surface area contributed by atoms with Gasteiger partial charge in [-0.1, -0.05) is 17.7 Å². The molecule has 5 heteroatoms. The molecular weight excluding hydrogens is 282 g/mol. The molecule has 0 saturated carbocycles. The number of hydrogen-bond donors (Lipinski definition) is 2. The van der Waals surface area contributed by atoms with Gasteiger partial charge < -0.3 is 14.8 Å². The van der Waals surface area contributed by atoms with Gasteiger partial charge in [0.2, 0.25) is 0 Å². The molecule has 2 N–H and O–H groups in total.